The lowest BCUT2D eigenvalue weighted by Crippen LogP contribution is -2.47. The summed E-state index contributed by atoms with van der Waals surface area (Å²) in [5.74, 6) is 1.01. The van der Waals surface area contributed by atoms with Crippen molar-refractivity contribution < 1.29 is 9.53 Å². The number of hydrogen-bond acceptors (Lipinski definition) is 3. The third kappa shape index (κ3) is 1.86. The van der Waals surface area contributed by atoms with Crippen LogP contribution in [0.3, 0.4) is 0 Å². The fourth-order valence-corrected chi connectivity index (χ4v) is 3.02. The van der Waals surface area contributed by atoms with Crippen LogP contribution < -0.4 is 15.0 Å². The second kappa shape index (κ2) is 4.61. The summed E-state index contributed by atoms with van der Waals surface area (Å²) >= 11 is 0. The van der Waals surface area contributed by atoms with Crippen LogP contribution in [0.2, 0.25) is 0 Å². The molecule has 1 aromatic carbocycles. The van der Waals surface area contributed by atoms with E-state index in [2.05, 4.69) is 5.32 Å². The summed E-state index contributed by atoms with van der Waals surface area (Å²) in [5.41, 5.74) is 0.954. The van der Waals surface area contributed by atoms with E-state index in [-0.39, 0.29) is 5.91 Å². The highest BCUT2D eigenvalue weighted by molar-refractivity contribution is 5.97. The van der Waals surface area contributed by atoms with Gasteiger partial charge in [0.15, 0.2) is 0 Å². The molecule has 2 saturated heterocycles. The van der Waals surface area contributed by atoms with Gasteiger partial charge in [0.2, 0.25) is 5.91 Å². The minimum atomic E-state index is 0.215. The van der Waals surface area contributed by atoms with Crippen molar-refractivity contribution in [2.75, 3.05) is 18.6 Å². The number of carbonyl (C=O) groups is 1. The minimum absolute atomic E-state index is 0.215. The zero-order valence-electron chi connectivity index (χ0n) is 10.6. The lowest BCUT2D eigenvalue weighted by molar-refractivity contribution is -0.117. The first-order valence-electron chi connectivity index (χ1n) is 6.49. The molecule has 2 heterocycles. The number of methoxy groups -OCH3 is 1. The molecule has 0 aliphatic carbocycles. The molecule has 18 heavy (non-hydrogen) atoms. The quantitative estimate of drug-likeness (QED) is 0.861. The molecule has 96 valence electrons. The Balaban J connectivity index is 1.91. The number of ether oxygens (including phenoxy) is 1. The van der Waals surface area contributed by atoms with E-state index in [4.69, 9.17) is 4.74 Å². The average Bonchev–Trinajstić information content (AvgIpc) is 2.74. The van der Waals surface area contributed by atoms with Crippen molar-refractivity contribution in [2.45, 2.75) is 31.3 Å². The van der Waals surface area contributed by atoms with Crippen LogP contribution in [-0.2, 0) is 4.79 Å². The molecule has 0 bridgehead atoms. The smallest absolute Gasteiger partial charge is 0.228 e. The van der Waals surface area contributed by atoms with Crippen molar-refractivity contribution in [1.82, 2.24) is 5.32 Å². The second-order valence-corrected chi connectivity index (χ2v) is 4.94. The number of nitrogens with zero attached hydrogens (tertiary/aromatic N) is 1. The van der Waals surface area contributed by atoms with Gasteiger partial charge in [0, 0.05) is 24.2 Å². The summed E-state index contributed by atoms with van der Waals surface area (Å²) in [6.45, 7) is 1.03. The van der Waals surface area contributed by atoms with Gasteiger partial charge in [-0.15, -0.1) is 0 Å². The fourth-order valence-electron chi connectivity index (χ4n) is 3.02. The Morgan fingerprint density at radius 2 is 2.33 bits per heavy atom. The van der Waals surface area contributed by atoms with Crippen LogP contribution in [0, 0.1) is 0 Å². The van der Waals surface area contributed by atoms with Crippen LogP contribution in [0.5, 0.6) is 5.75 Å². The normalized spacial score (nSPS) is 27.2. The highest BCUT2D eigenvalue weighted by atomic mass is 16.5. The summed E-state index contributed by atoms with van der Waals surface area (Å²) in [5, 5.41) is 3.45. The molecule has 2 aliphatic rings. The van der Waals surface area contributed by atoms with E-state index in [1.165, 1.54) is 0 Å². The molecule has 4 nitrogen and oxygen atoms in total. The molecule has 0 saturated carbocycles. The molecule has 3 rings (SSSR count). The van der Waals surface area contributed by atoms with Crippen molar-refractivity contribution >= 4 is 11.6 Å². The van der Waals surface area contributed by atoms with Gasteiger partial charge in [0.25, 0.3) is 0 Å². The molecule has 2 atom stereocenters. The van der Waals surface area contributed by atoms with Crippen LogP contribution in [0.25, 0.3) is 0 Å². The van der Waals surface area contributed by atoms with Gasteiger partial charge in [-0.05, 0) is 31.5 Å². The molecule has 0 radical (unpaired) electrons. The van der Waals surface area contributed by atoms with Gasteiger partial charge in [-0.3, -0.25) is 4.79 Å². The molecule has 0 spiro atoms. The highest BCUT2D eigenvalue weighted by Gasteiger charge is 2.41. The fraction of sp³-hybridized carbons (Fsp3) is 0.500. The molecule has 2 fully saturated rings. The summed E-state index contributed by atoms with van der Waals surface area (Å²) < 4.78 is 5.23. The predicted molar refractivity (Wildman–Crippen MR) is 69.9 cm³/mol. The molecular weight excluding hydrogens is 228 g/mol. The van der Waals surface area contributed by atoms with Gasteiger partial charge in [0.1, 0.15) is 5.75 Å². The Bertz CT molecular complexity index is 461. The number of piperidine rings is 1. The van der Waals surface area contributed by atoms with E-state index in [9.17, 15) is 4.79 Å². The molecular formula is C14H18N2O2. The van der Waals surface area contributed by atoms with E-state index >= 15 is 0 Å². The number of fused-ring (bicyclic) bond motifs is 1. The van der Waals surface area contributed by atoms with Gasteiger partial charge in [-0.2, -0.15) is 0 Å². The number of amides is 1. The topological polar surface area (TPSA) is 41.6 Å². The molecule has 1 aromatic rings. The van der Waals surface area contributed by atoms with Crippen LogP contribution >= 0.6 is 0 Å². The van der Waals surface area contributed by atoms with E-state index in [0.717, 1.165) is 30.8 Å². The zero-order valence-corrected chi connectivity index (χ0v) is 10.6. The van der Waals surface area contributed by atoms with Gasteiger partial charge < -0.3 is 15.0 Å². The number of rotatable bonds is 2. The van der Waals surface area contributed by atoms with Crippen molar-refractivity contribution in [3.63, 3.8) is 0 Å². The lowest BCUT2D eigenvalue weighted by atomic mass is 9.99. The Hall–Kier alpha value is -1.55. The molecule has 0 aromatic heterocycles. The highest BCUT2D eigenvalue weighted by Crippen LogP contribution is 2.32. The number of nitrogens with one attached hydrogen (secondary N) is 1. The lowest BCUT2D eigenvalue weighted by Gasteiger charge is -2.32. The van der Waals surface area contributed by atoms with Gasteiger partial charge in [-0.25, -0.2) is 0 Å². The van der Waals surface area contributed by atoms with E-state index in [0.29, 0.717) is 18.5 Å². The van der Waals surface area contributed by atoms with Gasteiger partial charge >= 0.3 is 0 Å². The molecule has 2 unspecified atom stereocenters. The Labute approximate surface area is 107 Å². The van der Waals surface area contributed by atoms with Gasteiger partial charge in [0.05, 0.1) is 13.2 Å². The first-order valence-corrected chi connectivity index (χ1v) is 6.49. The summed E-state index contributed by atoms with van der Waals surface area (Å²) in [6.07, 6.45) is 2.83. The monoisotopic (exact) mass is 246 g/mol. The third-order valence-electron chi connectivity index (χ3n) is 3.87. The van der Waals surface area contributed by atoms with Crippen molar-refractivity contribution in [2.24, 2.45) is 0 Å². The standard InChI is InChI=1S/C14H18N2O2/c1-18-11-5-2-4-10(8-11)16-13-6-3-7-15-12(13)9-14(16)17/h2,4-5,8,12-13,15H,3,6-7,9H2,1H3. The number of hydrogen-bond donors (Lipinski definition) is 1. The maximum Gasteiger partial charge on any atom is 0.228 e. The zero-order chi connectivity index (χ0) is 12.5. The molecule has 4 heteroatoms. The van der Waals surface area contributed by atoms with E-state index < -0.39 is 0 Å². The molecule has 1 amide bonds. The second-order valence-electron chi connectivity index (χ2n) is 4.94. The Morgan fingerprint density at radius 3 is 3.17 bits per heavy atom. The van der Waals surface area contributed by atoms with Crippen LogP contribution in [-0.4, -0.2) is 31.6 Å². The minimum Gasteiger partial charge on any atom is -0.497 e. The van der Waals surface area contributed by atoms with Crippen molar-refractivity contribution in [3.05, 3.63) is 24.3 Å². The number of anilines is 1. The van der Waals surface area contributed by atoms with E-state index in [1.54, 1.807) is 7.11 Å². The average molecular weight is 246 g/mol. The Kier molecular flexibility index (Phi) is 2.96. The largest absolute Gasteiger partial charge is 0.497 e. The van der Waals surface area contributed by atoms with Crippen molar-refractivity contribution in [3.8, 4) is 5.75 Å². The predicted octanol–water partition coefficient (Wildman–Crippen LogP) is 1.55. The van der Waals surface area contributed by atoms with Crippen LogP contribution in [0.4, 0.5) is 5.69 Å². The maximum atomic E-state index is 12.2. The van der Waals surface area contributed by atoms with Gasteiger partial charge in [-0.1, -0.05) is 6.07 Å². The summed E-state index contributed by atoms with van der Waals surface area (Å²) in [4.78, 5) is 14.1. The summed E-state index contributed by atoms with van der Waals surface area (Å²) in [6, 6.07) is 8.38. The number of carbonyl (C=O) groups excluding carboxylic acids is 1. The van der Waals surface area contributed by atoms with Crippen molar-refractivity contribution in [1.29, 1.82) is 0 Å². The van der Waals surface area contributed by atoms with Crippen LogP contribution in [0.15, 0.2) is 24.3 Å². The van der Waals surface area contributed by atoms with E-state index in [1.807, 2.05) is 29.2 Å². The number of benzene rings is 1. The van der Waals surface area contributed by atoms with Crippen LogP contribution in [0.1, 0.15) is 19.3 Å². The molecule has 1 N–H and O–H groups in total. The first kappa shape index (κ1) is 11.5. The maximum absolute atomic E-state index is 12.2. The SMILES string of the molecule is COc1cccc(N2C(=O)CC3NCCCC32)c1. The first-order chi connectivity index (χ1) is 8.79. The third-order valence-corrected chi connectivity index (χ3v) is 3.87. The summed E-state index contributed by atoms with van der Waals surface area (Å²) in [7, 11) is 1.65. The molecule has 2 aliphatic heterocycles. The Morgan fingerprint density at radius 1 is 1.44 bits per heavy atom.